The predicted molar refractivity (Wildman–Crippen MR) is 102 cm³/mol. The first kappa shape index (κ1) is 17.2. The lowest BCUT2D eigenvalue weighted by Gasteiger charge is -2.07. The molecular weight excluding hydrogens is 368 g/mol. The number of rotatable bonds is 6. The van der Waals surface area contributed by atoms with Crippen molar-refractivity contribution in [1.82, 2.24) is 9.55 Å². The highest BCUT2D eigenvalue weighted by Crippen LogP contribution is 2.38. The number of carbonyl (C=O) groups is 2. The van der Waals surface area contributed by atoms with Gasteiger partial charge in [0.2, 0.25) is 5.78 Å². The van der Waals surface area contributed by atoms with Crippen LogP contribution in [0.3, 0.4) is 0 Å². The average molecular weight is 386 g/mol. The Balaban J connectivity index is 1.42. The molecule has 0 aromatic carbocycles. The molecule has 3 aromatic rings. The zero-order valence-electron chi connectivity index (χ0n) is 14.5. The van der Waals surface area contributed by atoms with Crippen molar-refractivity contribution >= 4 is 34.4 Å². The Hall–Kier alpha value is -2.25. The first-order valence-electron chi connectivity index (χ1n) is 8.42. The van der Waals surface area contributed by atoms with E-state index >= 15 is 0 Å². The first-order valence-corrected chi connectivity index (χ1v) is 10.2. The van der Waals surface area contributed by atoms with Crippen LogP contribution in [-0.2, 0) is 4.74 Å². The van der Waals surface area contributed by atoms with E-state index in [0.29, 0.717) is 11.6 Å². The maximum Gasteiger partial charge on any atom is 0.358 e. The molecule has 0 unspecified atom stereocenters. The number of esters is 1. The fraction of sp³-hybridized carbons (Fsp3) is 0.316. The third kappa shape index (κ3) is 3.24. The number of aryl methyl sites for hydroxylation is 1. The number of thiazole rings is 1. The van der Waals surface area contributed by atoms with Gasteiger partial charge in [-0.05, 0) is 44.2 Å². The maximum absolute atomic E-state index is 12.5. The van der Waals surface area contributed by atoms with Gasteiger partial charge < -0.3 is 9.30 Å². The smallest absolute Gasteiger partial charge is 0.358 e. The summed E-state index contributed by atoms with van der Waals surface area (Å²) in [7, 11) is 0. The number of aromatic nitrogens is 2. The van der Waals surface area contributed by atoms with E-state index in [2.05, 4.69) is 9.55 Å². The molecule has 0 N–H and O–H groups in total. The Bertz CT molecular complexity index is 965. The highest BCUT2D eigenvalue weighted by atomic mass is 32.1. The molecule has 1 saturated carbocycles. The SMILES string of the molecule is Cc1cc(C(=O)COC(=O)c2csc(-c3cccs3)n2)c(C)n1C1CC1. The van der Waals surface area contributed by atoms with Gasteiger partial charge in [0.15, 0.2) is 12.3 Å². The molecule has 4 rings (SSSR count). The molecule has 0 bridgehead atoms. The van der Waals surface area contributed by atoms with Crippen LogP contribution in [0.4, 0.5) is 0 Å². The molecule has 0 radical (unpaired) electrons. The Morgan fingerprint density at radius 2 is 2.12 bits per heavy atom. The van der Waals surface area contributed by atoms with Crippen LogP contribution in [0.15, 0.2) is 29.0 Å². The largest absolute Gasteiger partial charge is 0.453 e. The van der Waals surface area contributed by atoms with E-state index in [4.69, 9.17) is 4.74 Å². The molecule has 0 amide bonds. The Morgan fingerprint density at radius 1 is 1.31 bits per heavy atom. The van der Waals surface area contributed by atoms with Crippen LogP contribution >= 0.6 is 22.7 Å². The van der Waals surface area contributed by atoms with Gasteiger partial charge in [-0.3, -0.25) is 4.79 Å². The molecule has 1 aliphatic rings. The van der Waals surface area contributed by atoms with Gasteiger partial charge in [0.1, 0.15) is 5.01 Å². The third-order valence-electron chi connectivity index (χ3n) is 4.48. The number of thiophene rings is 1. The Kier molecular flexibility index (Phi) is 4.50. The molecule has 0 aliphatic heterocycles. The zero-order chi connectivity index (χ0) is 18.3. The average Bonchev–Trinajstić information content (AvgIpc) is 3.05. The minimum atomic E-state index is -0.562. The summed E-state index contributed by atoms with van der Waals surface area (Å²) in [6.45, 7) is 3.70. The van der Waals surface area contributed by atoms with Gasteiger partial charge in [0, 0.05) is 28.4 Å². The van der Waals surface area contributed by atoms with Gasteiger partial charge in [-0.25, -0.2) is 9.78 Å². The van der Waals surface area contributed by atoms with Crippen LogP contribution in [-0.4, -0.2) is 27.9 Å². The zero-order valence-corrected chi connectivity index (χ0v) is 16.2. The lowest BCUT2D eigenvalue weighted by molar-refractivity contribution is 0.0469. The monoisotopic (exact) mass is 386 g/mol. The highest BCUT2D eigenvalue weighted by molar-refractivity contribution is 7.20. The second-order valence-electron chi connectivity index (χ2n) is 6.40. The summed E-state index contributed by atoms with van der Waals surface area (Å²) < 4.78 is 7.42. The molecule has 3 heterocycles. The van der Waals surface area contributed by atoms with Crippen molar-refractivity contribution < 1.29 is 14.3 Å². The van der Waals surface area contributed by atoms with E-state index in [9.17, 15) is 9.59 Å². The summed E-state index contributed by atoms with van der Waals surface area (Å²) in [4.78, 5) is 30.0. The molecule has 0 spiro atoms. The number of hydrogen-bond donors (Lipinski definition) is 0. The van der Waals surface area contributed by atoms with E-state index in [1.807, 2.05) is 37.4 Å². The van der Waals surface area contributed by atoms with Crippen LogP contribution in [0, 0.1) is 13.8 Å². The van der Waals surface area contributed by atoms with E-state index in [1.165, 1.54) is 11.3 Å². The van der Waals surface area contributed by atoms with Crippen LogP contribution in [0.1, 0.15) is 51.1 Å². The van der Waals surface area contributed by atoms with Gasteiger partial charge in [0.25, 0.3) is 0 Å². The van der Waals surface area contributed by atoms with Crippen molar-refractivity contribution in [2.45, 2.75) is 32.7 Å². The number of ketones is 1. The fourth-order valence-corrected chi connectivity index (χ4v) is 4.72. The highest BCUT2D eigenvalue weighted by Gasteiger charge is 2.28. The van der Waals surface area contributed by atoms with Crippen molar-refractivity contribution in [1.29, 1.82) is 0 Å². The maximum atomic E-state index is 12.5. The van der Waals surface area contributed by atoms with Crippen molar-refractivity contribution in [3.63, 3.8) is 0 Å². The number of Topliss-reactive ketones (excluding diaryl/α,β-unsaturated/α-hetero) is 1. The summed E-state index contributed by atoms with van der Waals surface area (Å²) in [5, 5.41) is 4.41. The predicted octanol–water partition coefficient (Wildman–Crippen LogP) is 4.66. The van der Waals surface area contributed by atoms with Gasteiger partial charge >= 0.3 is 5.97 Å². The van der Waals surface area contributed by atoms with Crippen LogP contribution in [0.5, 0.6) is 0 Å². The second kappa shape index (κ2) is 6.81. The van der Waals surface area contributed by atoms with Crippen molar-refractivity contribution in [3.8, 4) is 9.88 Å². The third-order valence-corrected chi connectivity index (χ3v) is 6.36. The van der Waals surface area contributed by atoms with E-state index in [-0.39, 0.29) is 18.1 Å². The molecule has 7 heteroatoms. The summed E-state index contributed by atoms with van der Waals surface area (Å²) >= 11 is 2.96. The molecule has 5 nitrogen and oxygen atoms in total. The normalized spacial score (nSPS) is 13.8. The van der Waals surface area contributed by atoms with E-state index in [1.54, 1.807) is 16.7 Å². The Morgan fingerprint density at radius 3 is 2.81 bits per heavy atom. The molecule has 3 aromatic heterocycles. The quantitative estimate of drug-likeness (QED) is 0.456. The second-order valence-corrected chi connectivity index (χ2v) is 8.21. The van der Waals surface area contributed by atoms with Crippen LogP contribution < -0.4 is 0 Å². The lowest BCUT2D eigenvalue weighted by atomic mass is 10.1. The molecular formula is C19H18N2O3S2. The standard InChI is InChI=1S/C19H18N2O3S2/c1-11-8-14(12(2)21(11)13-5-6-13)16(22)9-24-19(23)15-10-26-18(20-15)17-4-3-7-25-17/h3-4,7-8,10,13H,5-6,9H2,1-2H3. The number of ether oxygens (including phenoxy) is 1. The summed E-state index contributed by atoms with van der Waals surface area (Å²) in [6.07, 6.45) is 2.32. The summed E-state index contributed by atoms with van der Waals surface area (Å²) in [5.41, 5.74) is 2.92. The minimum Gasteiger partial charge on any atom is -0.453 e. The summed E-state index contributed by atoms with van der Waals surface area (Å²) in [6, 6.07) is 6.31. The minimum absolute atomic E-state index is 0.174. The van der Waals surface area contributed by atoms with Crippen LogP contribution in [0.25, 0.3) is 9.88 Å². The van der Waals surface area contributed by atoms with E-state index < -0.39 is 5.97 Å². The van der Waals surface area contributed by atoms with E-state index in [0.717, 1.165) is 34.1 Å². The molecule has 134 valence electrons. The van der Waals surface area contributed by atoms with Gasteiger partial charge in [-0.2, -0.15) is 0 Å². The molecule has 26 heavy (non-hydrogen) atoms. The van der Waals surface area contributed by atoms with Crippen LogP contribution in [0.2, 0.25) is 0 Å². The van der Waals surface area contributed by atoms with Crippen molar-refractivity contribution in [2.24, 2.45) is 0 Å². The molecule has 0 saturated heterocycles. The summed E-state index contributed by atoms with van der Waals surface area (Å²) in [5.74, 6) is -0.736. The number of hydrogen-bond acceptors (Lipinski definition) is 6. The first-order chi connectivity index (χ1) is 12.5. The lowest BCUT2D eigenvalue weighted by Crippen LogP contribution is -2.15. The van der Waals surface area contributed by atoms with Gasteiger partial charge in [-0.1, -0.05) is 6.07 Å². The molecule has 1 aliphatic carbocycles. The molecule has 0 atom stereocenters. The van der Waals surface area contributed by atoms with Crippen molar-refractivity contribution in [2.75, 3.05) is 6.61 Å². The van der Waals surface area contributed by atoms with Crippen molar-refractivity contribution in [3.05, 3.63) is 51.6 Å². The molecule has 1 fully saturated rings. The fourth-order valence-electron chi connectivity index (χ4n) is 3.12. The van der Waals surface area contributed by atoms with Gasteiger partial charge in [0.05, 0.1) is 4.88 Å². The number of nitrogens with zero attached hydrogens (tertiary/aromatic N) is 2. The van der Waals surface area contributed by atoms with Gasteiger partial charge in [-0.15, -0.1) is 22.7 Å². The number of carbonyl (C=O) groups excluding carboxylic acids is 2. The topological polar surface area (TPSA) is 61.2 Å². The Labute approximate surface area is 159 Å².